The molecule has 6 rings (SSSR count). The molecule has 0 spiro atoms. The molecule has 0 bridgehead atoms. The molecular formula is C24H29ClN6O2. The van der Waals surface area contributed by atoms with E-state index in [0.717, 1.165) is 63.3 Å². The standard InChI is InChI=1S/C24H29ClN6O2/c1-28-21-20(22(32)31(24(28)33)17-7-3-4-8-17)30(14-16-6-2-5-9-18(16)25)23(27-21)29-11-10-15-12-26-13-19(15)29/h2,5-6,9,15,17,19,26H,3-4,7-8,10-14H2,1H3. The summed E-state index contributed by atoms with van der Waals surface area (Å²) in [5.41, 5.74) is 1.38. The molecule has 3 aliphatic rings. The molecule has 3 aromatic rings. The van der Waals surface area contributed by atoms with Crippen LogP contribution in [0.25, 0.3) is 11.2 Å². The Hall–Kier alpha value is -2.58. The third-order valence-corrected chi connectivity index (χ3v) is 8.21. The zero-order valence-corrected chi connectivity index (χ0v) is 19.6. The topological polar surface area (TPSA) is 77.1 Å². The van der Waals surface area contributed by atoms with Crippen molar-refractivity contribution in [3.8, 4) is 0 Å². The number of rotatable bonds is 4. The third-order valence-electron chi connectivity index (χ3n) is 7.84. The Balaban J connectivity index is 1.60. The first kappa shape index (κ1) is 21.0. The van der Waals surface area contributed by atoms with Gasteiger partial charge in [0.2, 0.25) is 5.95 Å². The predicted molar refractivity (Wildman–Crippen MR) is 129 cm³/mol. The largest absolute Gasteiger partial charge is 0.338 e. The lowest BCUT2D eigenvalue weighted by atomic mass is 10.1. The van der Waals surface area contributed by atoms with Crippen LogP contribution in [-0.2, 0) is 13.6 Å². The highest BCUT2D eigenvalue weighted by molar-refractivity contribution is 6.31. The first-order chi connectivity index (χ1) is 16.0. The Morgan fingerprint density at radius 1 is 1.12 bits per heavy atom. The van der Waals surface area contributed by atoms with Gasteiger partial charge in [-0.15, -0.1) is 0 Å². The summed E-state index contributed by atoms with van der Waals surface area (Å²) >= 11 is 6.53. The molecule has 1 aliphatic carbocycles. The lowest BCUT2D eigenvalue weighted by molar-refractivity contribution is 0.469. The van der Waals surface area contributed by atoms with Crippen molar-refractivity contribution in [2.45, 2.75) is 50.7 Å². The molecule has 9 heteroatoms. The number of aryl methyl sites for hydroxylation is 1. The second kappa shape index (κ2) is 8.02. The highest BCUT2D eigenvalue weighted by atomic mass is 35.5. The maximum absolute atomic E-state index is 13.9. The number of imidazole rings is 1. The van der Waals surface area contributed by atoms with E-state index < -0.39 is 0 Å². The summed E-state index contributed by atoms with van der Waals surface area (Å²) in [6.07, 6.45) is 4.93. The third kappa shape index (κ3) is 3.26. The molecule has 0 amide bonds. The van der Waals surface area contributed by atoms with Crippen LogP contribution in [0, 0.1) is 5.92 Å². The van der Waals surface area contributed by atoms with E-state index >= 15 is 0 Å². The molecule has 4 heterocycles. The van der Waals surface area contributed by atoms with Crippen LogP contribution in [0.3, 0.4) is 0 Å². The molecule has 3 fully saturated rings. The number of fused-ring (bicyclic) bond motifs is 2. The maximum atomic E-state index is 13.9. The average Bonchev–Trinajstić information content (AvgIpc) is 3.58. The molecule has 2 unspecified atom stereocenters. The minimum Gasteiger partial charge on any atom is -0.338 e. The summed E-state index contributed by atoms with van der Waals surface area (Å²) in [5.74, 6) is 1.34. The van der Waals surface area contributed by atoms with Gasteiger partial charge in [-0.2, -0.15) is 4.98 Å². The number of benzene rings is 1. The summed E-state index contributed by atoms with van der Waals surface area (Å²) < 4.78 is 5.04. The van der Waals surface area contributed by atoms with Crippen LogP contribution in [0.5, 0.6) is 0 Å². The smallest absolute Gasteiger partial charge is 0.332 e. The summed E-state index contributed by atoms with van der Waals surface area (Å²) in [7, 11) is 1.73. The molecule has 2 saturated heterocycles. The molecule has 0 radical (unpaired) electrons. The molecule has 8 nitrogen and oxygen atoms in total. The molecule has 1 N–H and O–H groups in total. The number of anilines is 1. The SMILES string of the molecule is Cn1c(=O)n(C2CCCC2)c(=O)c2c1nc(N1CCC3CNCC31)n2Cc1ccccc1Cl. The van der Waals surface area contributed by atoms with Gasteiger partial charge < -0.3 is 10.2 Å². The maximum Gasteiger partial charge on any atom is 0.332 e. The molecule has 2 atom stereocenters. The summed E-state index contributed by atoms with van der Waals surface area (Å²) in [6.45, 7) is 3.25. The van der Waals surface area contributed by atoms with Crippen LogP contribution < -0.4 is 21.5 Å². The Morgan fingerprint density at radius 2 is 1.91 bits per heavy atom. The van der Waals surface area contributed by atoms with E-state index in [-0.39, 0.29) is 17.3 Å². The quantitative estimate of drug-likeness (QED) is 0.636. The second-order valence-electron chi connectivity index (χ2n) is 9.68. The van der Waals surface area contributed by atoms with Gasteiger partial charge in [0.15, 0.2) is 11.2 Å². The van der Waals surface area contributed by atoms with Gasteiger partial charge in [0.1, 0.15) is 0 Å². The van der Waals surface area contributed by atoms with Crippen molar-refractivity contribution in [3.05, 3.63) is 55.7 Å². The van der Waals surface area contributed by atoms with Crippen molar-refractivity contribution in [1.29, 1.82) is 0 Å². The normalized spacial score (nSPS) is 23.2. The number of aromatic nitrogens is 4. The van der Waals surface area contributed by atoms with E-state index in [9.17, 15) is 9.59 Å². The molecule has 174 valence electrons. The van der Waals surface area contributed by atoms with Gasteiger partial charge in [0.05, 0.1) is 6.54 Å². The summed E-state index contributed by atoms with van der Waals surface area (Å²) in [4.78, 5) is 34.4. The van der Waals surface area contributed by atoms with Crippen LogP contribution in [-0.4, -0.2) is 44.4 Å². The Bertz CT molecular complexity index is 1340. The van der Waals surface area contributed by atoms with Crippen LogP contribution in [0.15, 0.2) is 33.9 Å². The van der Waals surface area contributed by atoms with E-state index in [2.05, 4.69) is 10.2 Å². The van der Waals surface area contributed by atoms with Gasteiger partial charge in [-0.05, 0) is 36.8 Å². The number of hydrogen-bond donors (Lipinski definition) is 1. The summed E-state index contributed by atoms with van der Waals surface area (Å²) in [5, 5.41) is 4.15. The number of halogens is 1. The number of nitrogens with zero attached hydrogens (tertiary/aromatic N) is 5. The Labute approximate surface area is 196 Å². The van der Waals surface area contributed by atoms with Crippen molar-refractivity contribution in [2.75, 3.05) is 24.5 Å². The van der Waals surface area contributed by atoms with Crippen molar-refractivity contribution >= 4 is 28.7 Å². The molecular weight excluding hydrogens is 440 g/mol. The van der Waals surface area contributed by atoms with Gasteiger partial charge in [0, 0.05) is 43.8 Å². The summed E-state index contributed by atoms with van der Waals surface area (Å²) in [6, 6.07) is 8.03. The molecule has 2 aromatic heterocycles. The van der Waals surface area contributed by atoms with Gasteiger partial charge in [0.25, 0.3) is 5.56 Å². The molecule has 2 aliphatic heterocycles. The Morgan fingerprint density at radius 3 is 2.70 bits per heavy atom. The second-order valence-corrected chi connectivity index (χ2v) is 10.1. The highest BCUT2D eigenvalue weighted by Gasteiger charge is 2.40. The fourth-order valence-corrected chi connectivity index (χ4v) is 6.27. The van der Waals surface area contributed by atoms with Crippen molar-refractivity contribution < 1.29 is 0 Å². The average molecular weight is 469 g/mol. The lowest BCUT2D eigenvalue weighted by Crippen LogP contribution is -2.41. The lowest BCUT2D eigenvalue weighted by Gasteiger charge is -2.25. The van der Waals surface area contributed by atoms with Crippen molar-refractivity contribution in [2.24, 2.45) is 13.0 Å². The highest BCUT2D eigenvalue weighted by Crippen LogP contribution is 2.34. The van der Waals surface area contributed by atoms with E-state index in [1.54, 1.807) is 11.6 Å². The number of hydrogen-bond acceptors (Lipinski definition) is 5. The predicted octanol–water partition coefficient (Wildman–Crippen LogP) is 2.51. The van der Waals surface area contributed by atoms with E-state index in [0.29, 0.717) is 34.7 Å². The number of nitrogens with one attached hydrogen (secondary N) is 1. The fourth-order valence-electron chi connectivity index (χ4n) is 6.07. The zero-order valence-electron chi connectivity index (χ0n) is 18.8. The first-order valence-electron chi connectivity index (χ1n) is 12.0. The van der Waals surface area contributed by atoms with Crippen LogP contribution in [0.2, 0.25) is 5.02 Å². The van der Waals surface area contributed by atoms with Gasteiger partial charge in [-0.3, -0.25) is 18.5 Å². The van der Waals surface area contributed by atoms with Crippen LogP contribution >= 0.6 is 11.6 Å². The molecule has 1 saturated carbocycles. The van der Waals surface area contributed by atoms with Gasteiger partial charge >= 0.3 is 5.69 Å². The Kier molecular flexibility index (Phi) is 5.10. The molecule has 33 heavy (non-hydrogen) atoms. The van der Waals surface area contributed by atoms with Gasteiger partial charge in [-0.25, -0.2) is 4.79 Å². The first-order valence-corrected chi connectivity index (χ1v) is 12.3. The molecule has 1 aromatic carbocycles. The van der Waals surface area contributed by atoms with Gasteiger partial charge in [-0.1, -0.05) is 42.6 Å². The minimum atomic E-state index is -0.268. The van der Waals surface area contributed by atoms with E-state index in [1.807, 2.05) is 28.8 Å². The minimum absolute atomic E-state index is 0.0390. The van der Waals surface area contributed by atoms with Crippen molar-refractivity contribution in [1.82, 2.24) is 24.0 Å². The van der Waals surface area contributed by atoms with Crippen LogP contribution in [0.1, 0.15) is 43.7 Å². The van der Waals surface area contributed by atoms with E-state index in [4.69, 9.17) is 16.6 Å². The van der Waals surface area contributed by atoms with Crippen LogP contribution in [0.4, 0.5) is 5.95 Å². The zero-order chi connectivity index (χ0) is 22.7. The van der Waals surface area contributed by atoms with Crippen molar-refractivity contribution in [3.63, 3.8) is 0 Å². The van der Waals surface area contributed by atoms with E-state index in [1.165, 1.54) is 4.57 Å². The monoisotopic (exact) mass is 468 g/mol. The fraction of sp³-hybridized carbons (Fsp3) is 0.542.